The average Bonchev–Trinajstić information content (AvgIpc) is 2.64. The molecule has 0 heterocycles. The van der Waals surface area contributed by atoms with Crippen molar-refractivity contribution >= 4 is 45.5 Å². The van der Waals surface area contributed by atoms with Crippen molar-refractivity contribution in [1.82, 2.24) is 10.6 Å². The second-order valence-electron chi connectivity index (χ2n) is 6.37. The molecule has 2 saturated carbocycles. The third-order valence-corrected chi connectivity index (χ3v) is 4.49. The van der Waals surface area contributed by atoms with Gasteiger partial charge in [0.2, 0.25) is 22.3 Å². The van der Waals surface area contributed by atoms with Crippen molar-refractivity contribution in [2.45, 2.75) is 77.4 Å². The molecule has 0 radical (unpaired) electrons. The highest BCUT2D eigenvalue weighted by Gasteiger charge is 2.28. The highest BCUT2D eigenvalue weighted by molar-refractivity contribution is 6.72. The van der Waals surface area contributed by atoms with Gasteiger partial charge in [-0.15, -0.1) is 0 Å². The Bertz CT molecular complexity index is 486. The van der Waals surface area contributed by atoms with Gasteiger partial charge in [0.25, 0.3) is 0 Å². The summed E-state index contributed by atoms with van der Waals surface area (Å²) < 4.78 is 0. The molecule has 0 bridgehead atoms. The summed E-state index contributed by atoms with van der Waals surface area (Å²) in [7, 11) is 1.53. The van der Waals surface area contributed by atoms with Crippen LogP contribution < -0.4 is 22.1 Å². The van der Waals surface area contributed by atoms with Crippen LogP contribution in [0.15, 0.2) is 0 Å². The van der Waals surface area contributed by atoms with Crippen LogP contribution in [0.1, 0.15) is 59.3 Å². The van der Waals surface area contributed by atoms with Crippen molar-refractivity contribution in [2.24, 2.45) is 17.4 Å². The highest BCUT2D eigenvalue weighted by atomic mass is 35.5. The van der Waals surface area contributed by atoms with Gasteiger partial charge in [-0.1, -0.05) is 20.8 Å². The average molecular weight is 441 g/mol. The number of hydrogen-bond donors (Lipinski definition) is 4. The fraction of sp³-hybridized carbons (Fsp3) is 0.778. The molecule has 10 heteroatoms. The van der Waals surface area contributed by atoms with Gasteiger partial charge in [-0.05, 0) is 54.8 Å². The minimum Gasteiger partial charge on any atom is -0.359 e. The number of rotatable bonds is 5. The molecule has 0 aromatic rings. The monoisotopic (exact) mass is 440 g/mol. The minimum absolute atomic E-state index is 0.0558. The number of nitrogens with two attached hydrogens (primary N) is 2. The molecule has 0 saturated heterocycles. The van der Waals surface area contributed by atoms with Gasteiger partial charge >= 0.3 is 0 Å². The van der Waals surface area contributed by atoms with Gasteiger partial charge in [0.15, 0.2) is 0 Å². The number of halogens is 2. The summed E-state index contributed by atoms with van der Waals surface area (Å²) in [5.41, 5.74) is 10.8. The topological polar surface area (TPSA) is 144 Å². The highest BCUT2D eigenvalue weighted by Crippen LogP contribution is 2.26. The molecule has 0 aromatic carbocycles. The second-order valence-corrected chi connectivity index (χ2v) is 7.21. The number of hydrogen-bond acceptors (Lipinski definition) is 6. The molecule has 0 aromatic heterocycles. The SMILES string of the molecule is CC.CNC(=O)CC(=O)NC1CCC1C.NC1CCC1N.O=C(Cl)CC(=O)Cl. The van der Waals surface area contributed by atoms with Crippen molar-refractivity contribution in [1.29, 1.82) is 0 Å². The van der Waals surface area contributed by atoms with Crippen molar-refractivity contribution in [2.75, 3.05) is 7.05 Å². The van der Waals surface area contributed by atoms with Crippen molar-refractivity contribution in [3.63, 3.8) is 0 Å². The lowest BCUT2D eigenvalue weighted by Gasteiger charge is -2.34. The maximum Gasteiger partial charge on any atom is 0.230 e. The smallest absolute Gasteiger partial charge is 0.230 e. The van der Waals surface area contributed by atoms with E-state index in [4.69, 9.17) is 34.7 Å². The Labute approximate surface area is 177 Å². The lowest BCUT2D eigenvalue weighted by molar-refractivity contribution is -0.130. The molecule has 4 atom stereocenters. The molecular weight excluding hydrogens is 407 g/mol. The maximum absolute atomic E-state index is 11.2. The summed E-state index contributed by atoms with van der Waals surface area (Å²) in [6, 6.07) is 0.909. The number of nitrogens with one attached hydrogen (secondary N) is 2. The van der Waals surface area contributed by atoms with E-state index in [1.54, 1.807) is 0 Å². The van der Waals surface area contributed by atoms with Gasteiger partial charge in [-0.25, -0.2) is 0 Å². The molecule has 2 amide bonds. The van der Waals surface area contributed by atoms with Gasteiger partial charge in [0.1, 0.15) is 6.42 Å². The van der Waals surface area contributed by atoms with Crippen LogP contribution in [0.5, 0.6) is 0 Å². The van der Waals surface area contributed by atoms with E-state index in [-0.39, 0.29) is 30.7 Å². The summed E-state index contributed by atoms with van der Waals surface area (Å²) in [4.78, 5) is 41.4. The second kappa shape index (κ2) is 16.7. The Balaban J connectivity index is 0. The minimum atomic E-state index is -0.722. The van der Waals surface area contributed by atoms with E-state index in [2.05, 4.69) is 17.6 Å². The van der Waals surface area contributed by atoms with Gasteiger partial charge in [-0.2, -0.15) is 0 Å². The maximum atomic E-state index is 11.2. The summed E-state index contributed by atoms with van der Waals surface area (Å²) in [5, 5.41) is 3.80. The number of amides is 2. The molecule has 8 nitrogen and oxygen atoms in total. The fourth-order valence-electron chi connectivity index (χ4n) is 2.03. The van der Waals surface area contributed by atoms with Crippen molar-refractivity contribution in [3.05, 3.63) is 0 Å². The predicted molar refractivity (Wildman–Crippen MR) is 112 cm³/mol. The van der Waals surface area contributed by atoms with E-state index in [1.807, 2.05) is 13.8 Å². The lowest BCUT2D eigenvalue weighted by atomic mass is 9.81. The first-order valence-corrected chi connectivity index (χ1v) is 10.2. The van der Waals surface area contributed by atoms with Crippen LogP contribution >= 0.6 is 23.2 Å². The normalized spacial score (nSPS) is 24.0. The van der Waals surface area contributed by atoms with E-state index in [9.17, 15) is 19.2 Å². The molecule has 2 fully saturated rings. The standard InChI is InChI=1S/C9H16N2O2.C4H10N2.C3H2Cl2O2.C2H6/c1-6-3-4-7(6)11-9(13)5-8(12)10-2;5-3-1-2-4(3)6;4-2(6)1-3(5)7;1-2/h6-7H,3-5H2,1-2H3,(H,10,12)(H,11,13);3-4H,1-2,5-6H2;1H2;1-2H3. The Morgan fingerprint density at radius 1 is 0.857 bits per heavy atom. The Morgan fingerprint density at radius 2 is 1.32 bits per heavy atom. The van der Waals surface area contributed by atoms with Gasteiger partial charge < -0.3 is 22.1 Å². The molecule has 6 N–H and O–H groups in total. The van der Waals surface area contributed by atoms with E-state index in [0.29, 0.717) is 18.0 Å². The zero-order valence-electron chi connectivity index (χ0n) is 17.1. The first kappa shape index (κ1) is 29.0. The summed E-state index contributed by atoms with van der Waals surface area (Å²) in [6.07, 6.45) is 4.02. The van der Waals surface area contributed by atoms with E-state index in [0.717, 1.165) is 19.3 Å². The molecule has 164 valence electrons. The van der Waals surface area contributed by atoms with Crippen LogP contribution in [0.4, 0.5) is 0 Å². The fourth-order valence-corrected chi connectivity index (χ4v) is 2.35. The zero-order chi connectivity index (χ0) is 22.3. The summed E-state index contributed by atoms with van der Waals surface area (Å²) in [5.74, 6) is 0.161. The van der Waals surface area contributed by atoms with Crippen LogP contribution in [-0.4, -0.2) is 47.5 Å². The molecule has 2 rings (SSSR count). The van der Waals surface area contributed by atoms with Crippen LogP contribution in [0.3, 0.4) is 0 Å². The summed E-state index contributed by atoms with van der Waals surface area (Å²) in [6.45, 7) is 6.11. The number of carbonyl (C=O) groups excluding carboxylic acids is 4. The Hall–Kier alpha value is -1.22. The third-order valence-electron chi connectivity index (χ3n) is 4.23. The van der Waals surface area contributed by atoms with Crippen LogP contribution in [0.25, 0.3) is 0 Å². The van der Waals surface area contributed by atoms with Crippen LogP contribution in [-0.2, 0) is 19.2 Å². The molecular formula is C18H34Cl2N4O4. The van der Waals surface area contributed by atoms with Crippen LogP contribution in [0, 0.1) is 5.92 Å². The molecule has 0 spiro atoms. The van der Waals surface area contributed by atoms with Crippen molar-refractivity contribution < 1.29 is 19.2 Å². The predicted octanol–water partition coefficient (Wildman–Crippen LogP) is 1.41. The molecule has 28 heavy (non-hydrogen) atoms. The van der Waals surface area contributed by atoms with Crippen LogP contribution in [0.2, 0.25) is 0 Å². The zero-order valence-corrected chi connectivity index (χ0v) is 18.6. The van der Waals surface area contributed by atoms with Gasteiger partial charge in [-0.3, -0.25) is 19.2 Å². The Kier molecular flexibility index (Phi) is 17.3. The molecule has 4 unspecified atom stereocenters. The quantitative estimate of drug-likeness (QED) is 0.375. The van der Waals surface area contributed by atoms with Gasteiger partial charge in [0.05, 0.1) is 6.42 Å². The largest absolute Gasteiger partial charge is 0.359 e. The first-order chi connectivity index (χ1) is 13.1. The number of carbonyl (C=O) groups is 4. The van der Waals surface area contributed by atoms with Gasteiger partial charge in [0, 0.05) is 25.2 Å². The Morgan fingerprint density at radius 3 is 1.50 bits per heavy atom. The molecule has 2 aliphatic carbocycles. The first-order valence-electron chi connectivity index (χ1n) is 9.44. The summed E-state index contributed by atoms with van der Waals surface area (Å²) >= 11 is 9.46. The molecule has 2 aliphatic rings. The van der Waals surface area contributed by atoms with E-state index < -0.39 is 10.5 Å². The lowest BCUT2D eigenvalue weighted by Crippen LogP contribution is -2.49. The molecule has 0 aliphatic heterocycles. The third kappa shape index (κ3) is 14.8. The van der Waals surface area contributed by atoms with Crippen molar-refractivity contribution in [3.8, 4) is 0 Å². The van der Waals surface area contributed by atoms with E-state index in [1.165, 1.54) is 13.5 Å². The van der Waals surface area contributed by atoms with E-state index >= 15 is 0 Å².